The number of carbonyl (C=O) groups is 1. The molecule has 0 saturated carbocycles. The van der Waals surface area contributed by atoms with Crippen molar-refractivity contribution in [3.63, 3.8) is 0 Å². The topological polar surface area (TPSA) is 75.7 Å². The largest absolute Gasteiger partial charge is 0.494 e. The van der Waals surface area contributed by atoms with Gasteiger partial charge in [0, 0.05) is 12.3 Å². The highest BCUT2D eigenvalue weighted by Gasteiger charge is 2.20. The molecule has 0 spiro atoms. The molecule has 0 radical (unpaired) electrons. The molecule has 2 rings (SSSR count). The van der Waals surface area contributed by atoms with Crippen LogP contribution in [0, 0.1) is 6.92 Å². The Labute approximate surface area is 184 Å². The van der Waals surface area contributed by atoms with Gasteiger partial charge in [-0.3, -0.25) is 9.10 Å². The maximum atomic E-state index is 12.3. The number of nitrogens with zero attached hydrogens (tertiary/aromatic N) is 1. The van der Waals surface area contributed by atoms with Crippen LogP contribution in [0.25, 0.3) is 0 Å². The SMILES string of the molecule is CCOc1ccc(N(CC(=O)NCCCSCc2ccccc2C)S(C)(=O)=O)cc1. The first kappa shape index (κ1) is 24.1. The van der Waals surface area contributed by atoms with Gasteiger partial charge in [0.1, 0.15) is 12.3 Å². The van der Waals surface area contributed by atoms with Crippen LogP contribution < -0.4 is 14.4 Å². The first-order chi connectivity index (χ1) is 14.3. The van der Waals surface area contributed by atoms with Gasteiger partial charge < -0.3 is 10.1 Å². The van der Waals surface area contributed by atoms with E-state index in [2.05, 4.69) is 24.4 Å². The molecule has 0 fully saturated rings. The van der Waals surface area contributed by atoms with Crippen LogP contribution >= 0.6 is 11.8 Å². The highest BCUT2D eigenvalue weighted by atomic mass is 32.2. The van der Waals surface area contributed by atoms with Crippen LogP contribution in [0.1, 0.15) is 24.5 Å². The third kappa shape index (κ3) is 7.91. The lowest BCUT2D eigenvalue weighted by molar-refractivity contribution is -0.119. The molecule has 0 bridgehead atoms. The van der Waals surface area contributed by atoms with E-state index in [1.165, 1.54) is 11.1 Å². The molecule has 0 unspecified atom stereocenters. The minimum absolute atomic E-state index is 0.247. The molecule has 0 saturated heterocycles. The summed E-state index contributed by atoms with van der Waals surface area (Å²) < 4.78 is 30.8. The van der Waals surface area contributed by atoms with E-state index in [1.54, 1.807) is 24.3 Å². The first-order valence-electron chi connectivity index (χ1n) is 9.90. The molecule has 30 heavy (non-hydrogen) atoms. The zero-order chi connectivity index (χ0) is 22.0. The number of amides is 1. The summed E-state index contributed by atoms with van der Waals surface area (Å²) in [6.07, 6.45) is 1.92. The maximum Gasteiger partial charge on any atom is 0.240 e. The molecule has 0 atom stereocenters. The Hall–Kier alpha value is -2.19. The highest BCUT2D eigenvalue weighted by Crippen LogP contribution is 2.21. The third-order valence-electron chi connectivity index (χ3n) is 4.43. The molecule has 0 aliphatic rings. The summed E-state index contributed by atoms with van der Waals surface area (Å²) in [6, 6.07) is 15.0. The van der Waals surface area contributed by atoms with Crippen molar-refractivity contribution >= 4 is 33.4 Å². The Morgan fingerprint density at radius 2 is 1.83 bits per heavy atom. The second-order valence-electron chi connectivity index (χ2n) is 6.88. The first-order valence-corrected chi connectivity index (χ1v) is 12.9. The fraction of sp³-hybridized carbons (Fsp3) is 0.409. The van der Waals surface area contributed by atoms with Gasteiger partial charge in [-0.15, -0.1) is 0 Å². The van der Waals surface area contributed by atoms with Crippen molar-refractivity contribution in [2.45, 2.75) is 26.0 Å². The number of anilines is 1. The lowest BCUT2D eigenvalue weighted by Crippen LogP contribution is -2.40. The van der Waals surface area contributed by atoms with E-state index in [-0.39, 0.29) is 12.5 Å². The second kappa shape index (κ2) is 11.9. The van der Waals surface area contributed by atoms with Crippen LogP contribution in [0.2, 0.25) is 0 Å². The number of hydrogen-bond donors (Lipinski definition) is 1. The molecule has 0 aliphatic carbocycles. The number of rotatable bonds is 12. The van der Waals surface area contributed by atoms with E-state index in [9.17, 15) is 13.2 Å². The zero-order valence-corrected chi connectivity index (χ0v) is 19.4. The molecule has 164 valence electrons. The van der Waals surface area contributed by atoms with Gasteiger partial charge in [0.2, 0.25) is 15.9 Å². The van der Waals surface area contributed by atoms with Crippen LogP contribution in [0.15, 0.2) is 48.5 Å². The number of hydrogen-bond acceptors (Lipinski definition) is 5. The Morgan fingerprint density at radius 3 is 2.47 bits per heavy atom. The number of ether oxygens (including phenoxy) is 1. The van der Waals surface area contributed by atoms with E-state index in [0.717, 1.165) is 28.5 Å². The van der Waals surface area contributed by atoms with Crippen LogP contribution in [0.3, 0.4) is 0 Å². The Morgan fingerprint density at radius 1 is 1.13 bits per heavy atom. The summed E-state index contributed by atoms with van der Waals surface area (Å²) in [5, 5.41) is 2.81. The fourth-order valence-corrected chi connectivity index (χ4v) is 4.71. The lowest BCUT2D eigenvalue weighted by atomic mass is 10.1. The van der Waals surface area contributed by atoms with Gasteiger partial charge in [0.05, 0.1) is 18.6 Å². The van der Waals surface area contributed by atoms with Crippen molar-refractivity contribution in [1.82, 2.24) is 5.32 Å². The standard InChI is InChI=1S/C22H30N2O4S2/c1-4-28-21-12-10-20(11-13-21)24(30(3,26)27)16-22(25)23-14-7-15-29-17-19-9-6-5-8-18(19)2/h5-6,8-13H,4,7,14-17H2,1-3H3,(H,23,25). The van der Waals surface area contributed by atoms with E-state index in [1.807, 2.05) is 30.8 Å². The van der Waals surface area contributed by atoms with Gasteiger partial charge in [-0.2, -0.15) is 11.8 Å². The molecule has 1 N–H and O–H groups in total. The third-order valence-corrected chi connectivity index (χ3v) is 6.66. The number of thioether (sulfide) groups is 1. The Bertz CT molecular complexity index is 915. The highest BCUT2D eigenvalue weighted by molar-refractivity contribution is 7.98. The molecule has 8 heteroatoms. The molecule has 6 nitrogen and oxygen atoms in total. The van der Waals surface area contributed by atoms with E-state index < -0.39 is 10.0 Å². The van der Waals surface area contributed by atoms with Gasteiger partial charge in [-0.1, -0.05) is 24.3 Å². The predicted molar refractivity (Wildman–Crippen MR) is 125 cm³/mol. The maximum absolute atomic E-state index is 12.3. The van der Waals surface area contributed by atoms with Crippen molar-refractivity contribution in [3.05, 3.63) is 59.7 Å². The minimum Gasteiger partial charge on any atom is -0.494 e. The van der Waals surface area contributed by atoms with Gasteiger partial charge in [0.25, 0.3) is 0 Å². The average Bonchev–Trinajstić information content (AvgIpc) is 2.70. The van der Waals surface area contributed by atoms with Crippen molar-refractivity contribution in [2.24, 2.45) is 0 Å². The molecule has 0 aromatic heterocycles. The number of sulfonamides is 1. The normalized spacial score (nSPS) is 11.2. The molecule has 0 aliphatic heterocycles. The van der Waals surface area contributed by atoms with Crippen molar-refractivity contribution in [3.8, 4) is 5.75 Å². The summed E-state index contributed by atoms with van der Waals surface area (Å²) in [6.45, 7) is 4.78. The second-order valence-corrected chi connectivity index (χ2v) is 9.89. The van der Waals surface area contributed by atoms with Crippen molar-refractivity contribution < 1.29 is 17.9 Å². The Balaban J connectivity index is 1.78. The van der Waals surface area contributed by atoms with E-state index in [0.29, 0.717) is 24.6 Å². The molecule has 2 aromatic carbocycles. The van der Waals surface area contributed by atoms with Crippen LogP contribution in [0.5, 0.6) is 5.75 Å². The molecular weight excluding hydrogens is 420 g/mol. The average molecular weight is 451 g/mol. The number of nitrogens with one attached hydrogen (secondary N) is 1. The summed E-state index contributed by atoms with van der Waals surface area (Å²) in [5.41, 5.74) is 3.05. The van der Waals surface area contributed by atoms with Crippen LogP contribution in [-0.4, -0.2) is 46.0 Å². The zero-order valence-electron chi connectivity index (χ0n) is 17.8. The summed E-state index contributed by atoms with van der Waals surface area (Å²) in [4.78, 5) is 12.3. The van der Waals surface area contributed by atoms with Gasteiger partial charge in [0.15, 0.2) is 0 Å². The minimum atomic E-state index is -3.58. The monoisotopic (exact) mass is 450 g/mol. The number of carbonyl (C=O) groups excluding carboxylic acids is 1. The summed E-state index contributed by atoms with van der Waals surface area (Å²) in [7, 11) is -3.58. The lowest BCUT2D eigenvalue weighted by Gasteiger charge is -2.22. The Kier molecular flexibility index (Phi) is 9.52. The smallest absolute Gasteiger partial charge is 0.240 e. The van der Waals surface area contributed by atoms with E-state index in [4.69, 9.17) is 4.74 Å². The van der Waals surface area contributed by atoms with E-state index >= 15 is 0 Å². The van der Waals surface area contributed by atoms with Gasteiger partial charge in [-0.25, -0.2) is 8.42 Å². The van der Waals surface area contributed by atoms with Crippen molar-refractivity contribution in [2.75, 3.05) is 36.0 Å². The molecule has 0 heterocycles. The molecular formula is C22H30N2O4S2. The van der Waals surface area contributed by atoms with Crippen molar-refractivity contribution in [1.29, 1.82) is 0 Å². The predicted octanol–water partition coefficient (Wildman–Crippen LogP) is 3.60. The quantitative estimate of drug-likeness (QED) is 0.500. The fourth-order valence-electron chi connectivity index (χ4n) is 2.82. The van der Waals surface area contributed by atoms with Gasteiger partial charge >= 0.3 is 0 Å². The summed E-state index contributed by atoms with van der Waals surface area (Å²) >= 11 is 1.82. The van der Waals surface area contributed by atoms with Crippen LogP contribution in [0.4, 0.5) is 5.69 Å². The molecule has 2 aromatic rings. The van der Waals surface area contributed by atoms with Crippen LogP contribution in [-0.2, 0) is 20.6 Å². The number of aryl methyl sites for hydroxylation is 1. The number of benzene rings is 2. The van der Waals surface area contributed by atoms with Gasteiger partial charge in [-0.05, 0) is 61.4 Å². The molecule has 1 amide bonds. The summed E-state index contributed by atoms with van der Waals surface area (Å²) in [5.74, 6) is 2.20.